The summed E-state index contributed by atoms with van der Waals surface area (Å²) in [6, 6.07) is 11.2. The highest BCUT2D eigenvalue weighted by atomic mass is 79.9. The Labute approximate surface area is 118 Å². The summed E-state index contributed by atoms with van der Waals surface area (Å²) in [5.41, 5.74) is 1.11. The van der Waals surface area contributed by atoms with Gasteiger partial charge in [0.1, 0.15) is 5.75 Å². The summed E-state index contributed by atoms with van der Waals surface area (Å²) in [7, 11) is 0. The molecule has 0 aromatic heterocycles. The van der Waals surface area contributed by atoms with Gasteiger partial charge in [-0.1, -0.05) is 11.6 Å². The molecule has 2 rings (SSSR count). The average Bonchev–Trinajstić information content (AvgIpc) is 2.35. The van der Waals surface area contributed by atoms with Crippen LogP contribution in [-0.4, -0.2) is 11.0 Å². The third-order valence-electron chi connectivity index (χ3n) is 2.31. The second kappa shape index (κ2) is 5.42. The van der Waals surface area contributed by atoms with E-state index in [9.17, 15) is 4.79 Å². The van der Waals surface area contributed by atoms with Crippen molar-refractivity contribution in [2.75, 3.05) is 5.32 Å². The van der Waals surface area contributed by atoms with E-state index in [-0.39, 0.29) is 11.7 Å². The van der Waals surface area contributed by atoms with Crippen molar-refractivity contribution in [3.05, 3.63) is 57.5 Å². The Bertz CT molecular complexity index is 584. The monoisotopic (exact) mass is 325 g/mol. The van der Waals surface area contributed by atoms with E-state index in [1.165, 1.54) is 12.1 Å². The van der Waals surface area contributed by atoms with Crippen molar-refractivity contribution in [2.24, 2.45) is 0 Å². The predicted molar refractivity (Wildman–Crippen MR) is 75.2 cm³/mol. The number of anilines is 1. The van der Waals surface area contributed by atoms with E-state index in [1.54, 1.807) is 30.3 Å². The van der Waals surface area contributed by atoms with E-state index in [2.05, 4.69) is 21.2 Å². The molecule has 1 amide bonds. The smallest absolute Gasteiger partial charge is 0.255 e. The average molecular weight is 327 g/mol. The highest BCUT2D eigenvalue weighted by Gasteiger charge is 2.08. The van der Waals surface area contributed by atoms with Crippen molar-refractivity contribution in [2.45, 2.75) is 0 Å². The molecule has 0 unspecified atom stereocenters. The van der Waals surface area contributed by atoms with Gasteiger partial charge in [0.25, 0.3) is 5.91 Å². The van der Waals surface area contributed by atoms with Gasteiger partial charge < -0.3 is 10.4 Å². The van der Waals surface area contributed by atoms with Crippen molar-refractivity contribution in [1.82, 2.24) is 0 Å². The van der Waals surface area contributed by atoms with Crippen molar-refractivity contribution in [3.8, 4) is 5.75 Å². The zero-order valence-corrected chi connectivity index (χ0v) is 11.5. The molecule has 0 bridgehead atoms. The summed E-state index contributed by atoms with van der Waals surface area (Å²) in [6.45, 7) is 0. The van der Waals surface area contributed by atoms with E-state index in [0.29, 0.717) is 20.7 Å². The molecule has 0 saturated heterocycles. The number of carbonyl (C=O) groups excluding carboxylic acids is 1. The summed E-state index contributed by atoms with van der Waals surface area (Å²) in [4.78, 5) is 11.9. The van der Waals surface area contributed by atoms with Crippen LogP contribution in [0.1, 0.15) is 10.4 Å². The zero-order valence-electron chi connectivity index (χ0n) is 9.15. The van der Waals surface area contributed by atoms with Gasteiger partial charge in [0.05, 0.1) is 5.02 Å². The Balaban J connectivity index is 2.16. The lowest BCUT2D eigenvalue weighted by atomic mass is 10.2. The number of hydrogen-bond acceptors (Lipinski definition) is 2. The number of nitrogens with one attached hydrogen (secondary N) is 1. The number of phenolic OH excluding ortho intramolecular Hbond substituents is 1. The van der Waals surface area contributed by atoms with Gasteiger partial charge in [-0.05, 0) is 58.4 Å². The van der Waals surface area contributed by atoms with Crippen LogP contribution in [0.2, 0.25) is 5.02 Å². The Morgan fingerprint density at radius 2 is 1.83 bits per heavy atom. The maximum absolute atomic E-state index is 11.9. The van der Waals surface area contributed by atoms with Gasteiger partial charge in [-0.2, -0.15) is 0 Å². The maximum Gasteiger partial charge on any atom is 0.255 e. The number of rotatable bonds is 2. The number of aromatic hydroxyl groups is 1. The Morgan fingerprint density at radius 3 is 2.44 bits per heavy atom. The van der Waals surface area contributed by atoms with Crippen LogP contribution >= 0.6 is 27.5 Å². The van der Waals surface area contributed by atoms with E-state index in [1.807, 2.05) is 0 Å². The van der Waals surface area contributed by atoms with Crippen LogP contribution in [0.5, 0.6) is 5.75 Å². The summed E-state index contributed by atoms with van der Waals surface area (Å²) < 4.78 is 0.669. The zero-order chi connectivity index (χ0) is 13.1. The molecule has 0 radical (unpaired) electrons. The first kappa shape index (κ1) is 12.9. The normalized spacial score (nSPS) is 10.1. The minimum Gasteiger partial charge on any atom is -0.508 e. The first-order chi connectivity index (χ1) is 8.56. The van der Waals surface area contributed by atoms with E-state index >= 15 is 0 Å². The van der Waals surface area contributed by atoms with Crippen LogP contribution in [0.3, 0.4) is 0 Å². The molecule has 3 nitrogen and oxygen atoms in total. The van der Waals surface area contributed by atoms with E-state index in [4.69, 9.17) is 16.7 Å². The number of benzene rings is 2. The molecule has 0 aliphatic heterocycles. The molecular formula is C13H9BrClNO2. The number of phenols is 1. The standard InChI is InChI=1S/C13H9BrClNO2/c14-11-7-8(1-6-12(11)15)13(18)16-9-2-4-10(17)5-3-9/h1-7,17H,(H,16,18). The molecule has 0 aliphatic rings. The van der Waals surface area contributed by atoms with Crippen LogP contribution in [0, 0.1) is 0 Å². The highest BCUT2D eigenvalue weighted by molar-refractivity contribution is 9.10. The van der Waals surface area contributed by atoms with Crippen LogP contribution in [-0.2, 0) is 0 Å². The van der Waals surface area contributed by atoms with Crippen LogP contribution in [0.4, 0.5) is 5.69 Å². The maximum atomic E-state index is 11.9. The molecule has 2 N–H and O–H groups in total. The van der Waals surface area contributed by atoms with Crippen LogP contribution < -0.4 is 5.32 Å². The lowest BCUT2D eigenvalue weighted by Crippen LogP contribution is -2.11. The SMILES string of the molecule is O=C(Nc1ccc(O)cc1)c1ccc(Cl)c(Br)c1. The summed E-state index contributed by atoms with van der Waals surface area (Å²) >= 11 is 9.12. The molecule has 92 valence electrons. The predicted octanol–water partition coefficient (Wildman–Crippen LogP) is 4.06. The van der Waals surface area contributed by atoms with E-state index < -0.39 is 0 Å². The molecule has 0 fully saturated rings. The molecule has 0 atom stereocenters. The van der Waals surface area contributed by atoms with Gasteiger partial charge >= 0.3 is 0 Å². The fourth-order valence-electron chi connectivity index (χ4n) is 1.39. The van der Waals surface area contributed by atoms with Gasteiger partial charge in [0, 0.05) is 15.7 Å². The van der Waals surface area contributed by atoms with Crippen molar-refractivity contribution >= 4 is 39.1 Å². The van der Waals surface area contributed by atoms with Crippen molar-refractivity contribution in [3.63, 3.8) is 0 Å². The number of hydrogen-bond donors (Lipinski definition) is 2. The quantitative estimate of drug-likeness (QED) is 0.818. The van der Waals surface area contributed by atoms with Gasteiger partial charge in [0.15, 0.2) is 0 Å². The first-order valence-corrected chi connectivity index (χ1v) is 6.29. The molecule has 0 heterocycles. The Kier molecular flexibility index (Phi) is 3.89. The van der Waals surface area contributed by atoms with Crippen molar-refractivity contribution < 1.29 is 9.90 Å². The molecular weight excluding hydrogens is 318 g/mol. The molecule has 5 heteroatoms. The molecule has 2 aromatic carbocycles. The molecule has 0 spiro atoms. The van der Waals surface area contributed by atoms with Gasteiger partial charge in [-0.25, -0.2) is 0 Å². The third kappa shape index (κ3) is 3.03. The lowest BCUT2D eigenvalue weighted by molar-refractivity contribution is 0.102. The Morgan fingerprint density at radius 1 is 1.17 bits per heavy atom. The fourth-order valence-corrected chi connectivity index (χ4v) is 1.88. The minimum absolute atomic E-state index is 0.155. The number of halogens is 2. The topological polar surface area (TPSA) is 49.3 Å². The molecule has 2 aromatic rings. The van der Waals surface area contributed by atoms with E-state index in [0.717, 1.165) is 0 Å². The number of amides is 1. The van der Waals surface area contributed by atoms with Crippen LogP contribution in [0.15, 0.2) is 46.9 Å². The summed E-state index contributed by atoms with van der Waals surface area (Å²) in [6.07, 6.45) is 0. The number of carbonyl (C=O) groups is 1. The second-order valence-electron chi connectivity index (χ2n) is 3.63. The first-order valence-electron chi connectivity index (χ1n) is 5.12. The molecule has 0 saturated carbocycles. The van der Waals surface area contributed by atoms with Crippen LogP contribution in [0.25, 0.3) is 0 Å². The largest absolute Gasteiger partial charge is 0.508 e. The second-order valence-corrected chi connectivity index (χ2v) is 4.89. The minimum atomic E-state index is -0.238. The Hall–Kier alpha value is -1.52. The summed E-state index contributed by atoms with van der Waals surface area (Å²) in [5, 5.41) is 12.4. The highest BCUT2D eigenvalue weighted by Crippen LogP contribution is 2.23. The van der Waals surface area contributed by atoms with Crippen molar-refractivity contribution in [1.29, 1.82) is 0 Å². The van der Waals surface area contributed by atoms with Gasteiger partial charge in [-0.3, -0.25) is 4.79 Å². The lowest BCUT2D eigenvalue weighted by Gasteiger charge is -2.06. The molecule has 0 aliphatic carbocycles. The fraction of sp³-hybridized carbons (Fsp3) is 0. The van der Waals surface area contributed by atoms with Gasteiger partial charge in [0.2, 0.25) is 0 Å². The summed E-state index contributed by atoms with van der Waals surface area (Å²) in [5.74, 6) is -0.0831. The third-order valence-corrected chi connectivity index (χ3v) is 3.52. The van der Waals surface area contributed by atoms with Gasteiger partial charge in [-0.15, -0.1) is 0 Å². The molecule has 18 heavy (non-hydrogen) atoms.